The second kappa shape index (κ2) is 11.3. The van der Waals surface area contributed by atoms with Gasteiger partial charge in [0.15, 0.2) is 0 Å². The predicted molar refractivity (Wildman–Crippen MR) is 139 cm³/mol. The molecule has 2 amide bonds. The Morgan fingerprint density at radius 1 is 0.973 bits per heavy atom. The fourth-order valence-electron chi connectivity index (χ4n) is 3.07. The van der Waals surface area contributed by atoms with Gasteiger partial charge in [-0.2, -0.15) is 5.10 Å². The van der Waals surface area contributed by atoms with Crippen LogP contribution in [-0.2, 0) is 4.79 Å². The number of carbonyl (C=O) groups is 3. The Hall–Kier alpha value is -4.86. The van der Waals surface area contributed by atoms with E-state index in [4.69, 9.17) is 4.74 Å². The van der Waals surface area contributed by atoms with Crippen molar-refractivity contribution in [1.29, 1.82) is 0 Å². The third-order valence-electron chi connectivity index (χ3n) is 5.13. The highest BCUT2D eigenvalue weighted by Gasteiger charge is 2.23. The number of para-hydroxylation sites is 1. The first-order valence-electron chi connectivity index (χ1n) is 11.3. The summed E-state index contributed by atoms with van der Waals surface area (Å²) in [6, 6.07) is 16.9. The van der Waals surface area contributed by atoms with E-state index in [0.29, 0.717) is 5.69 Å². The molecule has 37 heavy (non-hydrogen) atoms. The van der Waals surface area contributed by atoms with Crippen molar-refractivity contribution in [1.82, 2.24) is 5.43 Å². The maximum atomic E-state index is 12.6. The second-order valence-electron chi connectivity index (χ2n) is 9.19. The summed E-state index contributed by atoms with van der Waals surface area (Å²) in [4.78, 5) is 48.1. The van der Waals surface area contributed by atoms with E-state index in [1.807, 2.05) is 0 Å². The number of esters is 1. The summed E-state index contributed by atoms with van der Waals surface area (Å²) in [5, 5.41) is 18.2. The maximum Gasteiger partial charge on any atom is 0.343 e. The second-order valence-corrected chi connectivity index (χ2v) is 9.19. The molecule has 3 rings (SSSR count). The summed E-state index contributed by atoms with van der Waals surface area (Å²) in [6.07, 6.45) is 1.15. The number of nitrogens with one attached hydrogen (secondary N) is 2. The highest BCUT2D eigenvalue weighted by atomic mass is 16.6. The van der Waals surface area contributed by atoms with Gasteiger partial charge in [0.25, 0.3) is 5.91 Å². The van der Waals surface area contributed by atoms with Crippen LogP contribution in [0.25, 0.3) is 0 Å². The van der Waals surface area contributed by atoms with E-state index in [1.54, 1.807) is 58.0 Å². The summed E-state index contributed by atoms with van der Waals surface area (Å²) in [7, 11) is 0. The van der Waals surface area contributed by atoms with Crippen LogP contribution in [0.2, 0.25) is 0 Å². The van der Waals surface area contributed by atoms with Crippen LogP contribution in [0.1, 0.15) is 52.6 Å². The van der Waals surface area contributed by atoms with Crippen molar-refractivity contribution in [3.05, 3.63) is 99.1 Å². The van der Waals surface area contributed by atoms with Crippen molar-refractivity contribution in [3.63, 3.8) is 0 Å². The van der Waals surface area contributed by atoms with E-state index >= 15 is 0 Å². The van der Waals surface area contributed by atoms with Gasteiger partial charge in [-0.15, -0.1) is 0 Å². The molecule has 10 heteroatoms. The number of nitro groups is 1. The number of aryl methyl sites for hydroxylation is 1. The number of anilines is 1. The highest BCUT2D eigenvalue weighted by Crippen LogP contribution is 2.31. The predicted octanol–water partition coefficient (Wildman–Crippen LogP) is 4.87. The topological polar surface area (TPSA) is 140 Å². The van der Waals surface area contributed by atoms with Gasteiger partial charge in [-0.05, 0) is 49.4 Å². The van der Waals surface area contributed by atoms with Crippen LogP contribution in [-0.4, -0.2) is 28.9 Å². The van der Waals surface area contributed by atoms with E-state index < -0.39 is 27.9 Å². The molecule has 0 saturated carbocycles. The van der Waals surface area contributed by atoms with Gasteiger partial charge in [-0.3, -0.25) is 19.7 Å². The van der Waals surface area contributed by atoms with Crippen molar-refractivity contribution >= 4 is 35.4 Å². The van der Waals surface area contributed by atoms with Gasteiger partial charge in [0.05, 0.1) is 16.7 Å². The molecular formula is C27H26N4O6. The van der Waals surface area contributed by atoms with E-state index in [2.05, 4.69) is 15.8 Å². The molecule has 0 bridgehead atoms. The molecule has 0 unspecified atom stereocenters. The van der Waals surface area contributed by atoms with E-state index in [-0.39, 0.29) is 28.3 Å². The highest BCUT2D eigenvalue weighted by molar-refractivity contribution is 5.98. The molecule has 0 spiro atoms. The standard InChI is InChI=1S/C27H26N4O6/c1-17-7-5-8-19(15-17)25(33)37-23-20(9-6-10-22(23)31(35)36)16-28-30-24(32)18-11-13-21(14-12-18)29-26(34)27(2,3)4/h5-16H,1-4H3,(H,29,34)(H,30,32)/b28-16+. The van der Waals surface area contributed by atoms with Gasteiger partial charge in [0.1, 0.15) is 0 Å². The zero-order valence-corrected chi connectivity index (χ0v) is 20.8. The van der Waals surface area contributed by atoms with Crippen LogP contribution in [0.4, 0.5) is 11.4 Å². The van der Waals surface area contributed by atoms with Gasteiger partial charge >= 0.3 is 11.7 Å². The Morgan fingerprint density at radius 2 is 1.65 bits per heavy atom. The molecule has 190 valence electrons. The Bertz CT molecular complexity index is 1370. The van der Waals surface area contributed by atoms with Crippen LogP contribution in [0.3, 0.4) is 0 Å². The van der Waals surface area contributed by atoms with Gasteiger partial charge < -0.3 is 10.1 Å². The average Bonchev–Trinajstić information content (AvgIpc) is 2.84. The van der Waals surface area contributed by atoms with Crippen molar-refractivity contribution in [2.24, 2.45) is 10.5 Å². The zero-order chi connectivity index (χ0) is 27.2. The summed E-state index contributed by atoms with van der Waals surface area (Å²) in [5.41, 5.74) is 3.33. The Kier molecular flexibility index (Phi) is 8.13. The summed E-state index contributed by atoms with van der Waals surface area (Å²) in [5.74, 6) is -1.77. The van der Waals surface area contributed by atoms with Crippen LogP contribution in [0, 0.1) is 22.5 Å². The first-order chi connectivity index (χ1) is 17.5. The molecule has 0 aromatic heterocycles. The number of nitrogens with zero attached hydrogens (tertiary/aromatic N) is 2. The molecule has 3 aromatic rings. The molecule has 0 aliphatic rings. The number of amides is 2. The molecule has 0 aliphatic carbocycles. The number of hydrogen-bond acceptors (Lipinski definition) is 7. The van der Waals surface area contributed by atoms with E-state index in [1.165, 1.54) is 36.4 Å². The molecular weight excluding hydrogens is 476 g/mol. The Morgan fingerprint density at radius 3 is 2.27 bits per heavy atom. The average molecular weight is 503 g/mol. The minimum Gasteiger partial charge on any atom is -0.415 e. The molecule has 0 heterocycles. The minimum atomic E-state index is -0.768. The smallest absolute Gasteiger partial charge is 0.343 e. The lowest BCUT2D eigenvalue weighted by molar-refractivity contribution is -0.385. The normalized spacial score (nSPS) is 11.1. The third kappa shape index (κ3) is 7.07. The molecule has 2 N–H and O–H groups in total. The number of nitro benzene ring substituents is 1. The summed E-state index contributed by atoms with van der Waals surface area (Å²) < 4.78 is 5.37. The monoisotopic (exact) mass is 502 g/mol. The van der Waals surface area contributed by atoms with Crippen LogP contribution in [0.5, 0.6) is 5.75 Å². The minimum absolute atomic E-state index is 0.121. The number of benzene rings is 3. The number of rotatable bonds is 7. The van der Waals surface area contributed by atoms with E-state index in [0.717, 1.165) is 11.8 Å². The molecule has 0 fully saturated rings. The van der Waals surface area contributed by atoms with Crippen molar-refractivity contribution in [3.8, 4) is 5.75 Å². The number of ether oxygens (including phenoxy) is 1. The van der Waals surface area contributed by atoms with Crippen LogP contribution in [0.15, 0.2) is 71.8 Å². The maximum absolute atomic E-state index is 12.6. The molecule has 0 atom stereocenters. The first-order valence-corrected chi connectivity index (χ1v) is 11.3. The fraction of sp³-hybridized carbons (Fsp3) is 0.185. The first kappa shape index (κ1) is 26.7. The third-order valence-corrected chi connectivity index (χ3v) is 5.13. The van der Waals surface area contributed by atoms with Gasteiger partial charge in [0.2, 0.25) is 11.7 Å². The molecule has 0 saturated heterocycles. The molecule has 0 radical (unpaired) electrons. The van der Waals surface area contributed by atoms with Crippen molar-refractivity contribution < 1.29 is 24.0 Å². The molecule has 10 nitrogen and oxygen atoms in total. The largest absolute Gasteiger partial charge is 0.415 e. The lowest BCUT2D eigenvalue weighted by Gasteiger charge is -2.17. The van der Waals surface area contributed by atoms with Gasteiger partial charge in [0, 0.05) is 28.3 Å². The number of hydrazone groups is 1. The fourth-order valence-corrected chi connectivity index (χ4v) is 3.07. The summed E-state index contributed by atoms with van der Waals surface area (Å²) in [6.45, 7) is 7.17. The van der Waals surface area contributed by atoms with Gasteiger partial charge in [-0.1, -0.05) is 44.5 Å². The SMILES string of the molecule is Cc1cccc(C(=O)Oc2c(/C=N/NC(=O)c3ccc(NC(=O)C(C)(C)C)cc3)cccc2[N+](=O)[O-])c1. The van der Waals surface area contributed by atoms with Crippen molar-refractivity contribution in [2.75, 3.05) is 5.32 Å². The number of carbonyl (C=O) groups excluding carboxylic acids is 3. The number of hydrogen-bond donors (Lipinski definition) is 2. The molecule has 0 aliphatic heterocycles. The van der Waals surface area contributed by atoms with Crippen LogP contribution >= 0.6 is 0 Å². The Labute approximate surface area is 213 Å². The zero-order valence-electron chi connectivity index (χ0n) is 20.8. The Balaban J connectivity index is 1.75. The van der Waals surface area contributed by atoms with Crippen molar-refractivity contribution in [2.45, 2.75) is 27.7 Å². The van der Waals surface area contributed by atoms with Crippen LogP contribution < -0.4 is 15.5 Å². The summed E-state index contributed by atoms with van der Waals surface area (Å²) >= 11 is 0. The lowest BCUT2D eigenvalue weighted by Crippen LogP contribution is -2.27. The quantitative estimate of drug-likeness (QED) is 0.155. The van der Waals surface area contributed by atoms with E-state index in [9.17, 15) is 24.5 Å². The molecule has 3 aromatic carbocycles. The van der Waals surface area contributed by atoms with Gasteiger partial charge in [-0.25, -0.2) is 10.2 Å². The lowest BCUT2D eigenvalue weighted by atomic mass is 9.95.